The molecule has 2 atom stereocenters. The van der Waals surface area contributed by atoms with Crippen LogP contribution in [-0.4, -0.2) is 80.3 Å². The number of rotatable bonds is 8. The summed E-state index contributed by atoms with van der Waals surface area (Å²) < 4.78 is 11.4. The van der Waals surface area contributed by atoms with Gasteiger partial charge in [-0.15, -0.1) is 0 Å². The Balaban J connectivity index is 1.27. The fourth-order valence-electron chi connectivity index (χ4n) is 4.84. The molecule has 1 amide bonds. The molecule has 0 radical (unpaired) electrons. The number of ether oxygens (including phenoxy) is 2. The molecule has 0 bridgehead atoms. The van der Waals surface area contributed by atoms with Crippen LogP contribution < -0.4 is 9.64 Å². The Morgan fingerprint density at radius 2 is 1.90 bits per heavy atom. The topological polar surface area (TPSA) is 45.2 Å². The Morgan fingerprint density at radius 1 is 1.10 bits per heavy atom. The van der Waals surface area contributed by atoms with Crippen LogP contribution in [0.4, 0.5) is 5.69 Å². The summed E-state index contributed by atoms with van der Waals surface area (Å²) in [6.07, 6.45) is 5.28. The monoisotopic (exact) mass is 401 g/mol. The first kappa shape index (κ1) is 20.6. The largest absolute Gasteiger partial charge is 0.494 e. The average molecular weight is 402 g/mol. The second-order valence-corrected chi connectivity index (χ2v) is 8.59. The van der Waals surface area contributed by atoms with Crippen LogP contribution in [0.15, 0.2) is 24.3 Å². The summed E-state index contributed by atoms with van der Waals surface area (Å²) in [4.78, 5) is 19.5. The predicted octanol–water partition coefficient (Wildman–Crippen LogP) is 2.77. The lowest BCUT2D eigenvalue weighted by Gasteiger charge is -2.33. The molecular formula is C23H35N3O3. The third-order valence-electron chi connectivity index (χ3n) is 6.56. The molecule has 3 fully saturated rings. The number of benzene rings is 1. The van der Waals surface area contributed by atoms with Crippen LogP contribution in [0.1, 0.15) is 39.0 Å². The molecule has 0 saturated carbocycles. The summed E-state index contributed by atoms with van der Waals surface area (Å²) >= 11 is 0. The first-order chi connectivity index (χ1) is 14.2. The van der Waals surface area contributed by atoms with Gasteiger partial charge in [0.15, 0.2) is 0 Å². The minimum atomic E-state index is 0.233. The second-order valence-electron chi connectivity index (χ2n) is 8.59. The Kier molecular flexibility index (Phi) is 7.06. The molecule has 1 aromatic rings. The first-order valence-electron chi connectivity index (χ1n) is 11.3. The Labute approximate surface area is 174 Å². The molecule has 0 spiro atoms. The minimum absolute atomic E-state index is 0.233. The minimum Gasteiger partial charge on any atom is -0.494 e. The van der Waals surface area contributed by atoms with Crippen molar-refractivity contribution in [2.45, 2.75) is 51.1 Å². The Morgan fingerprint density at radius 3 is 2.62 bits per heavy atom. The molecule has 3 heterocycles. The van der Waals surface area contributed by atoms with Gasteiger partial charge in [-0.2, -0.15) is 0 Å². The van der Waals surface area contributed by atoms with E-state index in [-0.39, 0.29) is 11.9 Å². The van der Waals surface area contributed by atoms with Crippen LogP contribution in [-0.2, 0) is 9.53 Å². The normalized spacial score (nSPS) is 26.4. The van der Waals surface area contributed by atoms with Gasteiger partial charge < -0.3 is 19.3 Å². The van der Waals surface area contributed by atoms with Crippen molar-refractivity contribution in [1.82, 2.24) is 9.80 Å². The summed E-state index contributed by atoms with van der Waals surface area (Å²) in [5, 5.41) is 0. The van der Waals surface area contributed by atoms with E-state index in [0.717, 1.165) is 76.3 Å². The number of nitrogens with zero attached hydrogens (tertiary/aromatic N) is 3. The highest BCUT2D eigenvalue weighted by Gasteiger charge is 2.33. The molecule has 1 aromatic carbocycles. The highest BCUT2D eigenvalue weighted by atomic mass is 16.5. The van der Waals surface area contributed by atoms with Crippen molar-refractivity contribution in [2.75, 3.05) is 57.4 Å². The maximum Gasteiger partial charge on any atom is 0.227 e. The van der Waals surface area contributed by atoms with Gasteiger partial charge in [0, 0.05) is 44.3 Å². The maximum absolute atomic E-state index is 12.5. The fraction of sp³-hybridized carbons (Fsp3) is 0.696. The molecule has 6 nitrogen and oxygen atoms in total. The lowest BCUT2D eigenvalue weighted by atomic mass is 10.2. The molecule has 160 valence electrons. The van der Waals surface area contributed by atoms with E-state index in [1.165, 1.54) is 19.4 Å². The fourth-order valence-corrected chi connectivity index (χ4v) is 4.84. The summed E-state index contributed by atoms with van der Waals surface area (Å²) in [6.45, 7) is 9.84. The van der Waals surface area contributed by atoms with Crippen molar-refractivity contribution >= 4 is 11.6 Å². The number of carbonyl (C=O) groups is 1. The summed E-state index contributed by atoms with van der Waals surface area (Å²) in [6, 6.07) is 9.06. The van der Waals surface area contributed by atoms with Crippen LogP contribution in [0, 0.1) is 0 Å². The van der Waals surface area contributed by atoms with Gasteiger partial charge >= 0.3 is 0 Å². The van der Waals surface area contributed by atoms with E-state index in [9.17, 15) is 4.79 Å². The van der Waals surface area contributed by atoms with E-state index < -0.39 is 0 Å². The number of amides is 1. The Bertz CT molecular complexity index is 660. The first-order valence-corrected chi connectivity index (χ1v) is 11.3. The van der Waals surface area contributed by atoms with Gasteiger partial charge in [0.2, 0.25) is 5.91 Å². The van der Waals surface area contributed by atoms with E-state index in [1.807, 2.05) is 29.2 Å². The van der Waals surface area contributed by atoms with Gasteiger partial charge in [0.25, 0.3) is 0 Å². The van der Waals surface area contributed by atoms with Crippen molar-refractivity contribution in [3.05, 3.63) is 24.3 Å². The van der Waals surface area contributed by atoms with Gasteiger partial charge in [0.05, 0.1) is 25.9 Å². The molecule has 0 aliphatic carbocycles. The predicted molar refractivity (Wildman–Crippen MR) is 115 cm³/mol. The summed E-state index contributed by atoms with van der Waals surface area (Å²) in [5.41, 5.74) is 0.990. The molecule has 6 heteroatoms. The van der Waals surface area contributed by atoms with Gasteiger partial charge in [-0.3, -0.25) is 9.69 Å². The van der Waals surface area contributed by atoms with E-state index in [0.29, 0.717) is 6.42 Å². The lowest BCUT2D eigenvalue weighted by Crippen LogP contribution is -2.46. The third-order valence-corrected chi connectivity index (χ3v) is 6.56. The van der Waals surface area contributed by atoms with Crippen molar-refractivity contribution in [1.29, 1.82) is 0 Å². The smallest absolute Gasteiger partial charge is 0.227 e. The van der Waals surface area contributed by atoms with Crippen molar-refractivity contribution < 1.29 is 14.3 Å². The number of anilines is 1. The molecule has 3 saturated heterocycles. The number of hydrogen-bond donors (Lipinski definition) is 0. The van der Waals surface area contributed by atoms with Gasteiger partial charge in [-0.05, 0) is 63.4 Å². The lowest BCUT2D eigenvalue weighted by molar-refractivity contribution is -0.117. The van der Waals surface area contributed by atoms with Crippen LogP contribution in [0.25, 0.3) is 0 Å². The van der Waals surface area contributed by atoms with Crippen molar-refractivity contribution in [3.8, 4) is 5.75 Å². The van der Waals surface area contributed by atoms with Crippen LogP contribution >= 0.6 is 0 Å². The molecule has 0 N–H and O–H groups in total. The number of carbonyl (C=O) groups excluding carboxylic acids is 1. The summed E-state index contributed by atoms with van der Waals surface area (Å²) in [7, 11) is 0. The molecule has 1 unspecified atom stereocenters. The van der Waals surface area contributed by atoms with Crippen LogP contribution in [0.2, 0.25) is 0 Å². The van der Waals surface area contributed by atoms with E-state index >= 15 is 0 Å². The molecule has 3 aliphatic rings. The van der Waals surface area contributed by atoms with Crippen LogP contribution in [0.3, 0.4) is 0 Å². The maximum atomic E-state index is 12.5. The van der Waals surface area contributed by atoms with Gasteiger partial charge in [-0.1, -0.05) is 0 Å². The number of morpholine rings is 1. The van der Waals surface area contributed by atoms with Gasteiger partial charge in [-0.25, -0.2) is 0 Å². The van der Waals surface area contributed by atoms with Crippen molar-refractivity contribution in [3.63, 3.8) is 0 Å². The SMILES string of the molecule is CC1CCCN1CCCOc1ccc(N2C(=O)CC[C@H]2CN2CCOCC2)cc1. The highest BCUT2D eigenvalue weighted by Crippen LogP contribution is 2.29. The molecule has 3 aliphatic heterocycles. The Hall–Kier alpha value is -1.63. The van der Waals surface area contributed by atoms with E-state index in [1.54, 1.807) is 0 Å². The quantitative estimate of drug-likeness (QED) is 0.627. The van der Waals surface area contributed by atoms with Crippen molar-refractivity contribution in [2.24, 2.45) is 0 Å². The third kappa shape index (κ3) is 5.30. The zero-order valence-corrected chi connectivity index (χ0v) is 17.7. The van der Waals surface area contributed by atoms with E-state index in [4.69, 9.17) is 9.47 Å². The molecular weight excluding hydrogens is 366 g/mol. The standard InChI is InChI=1S/C23H35N3O3/c1-19-4-2-11-25(19)12-3-15-29-22-8-5-20(6-9-22)26-21(7-10-23(26)27)18-24-13-16-28-17-14-24/h5-6,8-9,19,21H,2-4,7,10-18H2,1H3/t19?,21-/m0/s1. The zero-order chi connectivity index (χ0) is 20.1. The second kappa shape index (κ2) is 9.92. The molecule has 0 aromatic heterocycles. The number of likely N-dealkylation sites (tertiary alicyclic amines) is 1. The van der Waals surface area contributed by atoms with E-state index in [2.05, 4.69) is 16.7 Å². The summed E-state index contributed by atoms with van der Waals surface area (Å²) in [5.74, 6) is 1.12. The van der Waals surface area contributed by atoms with Crippen LogP contribution in [0.5, 0.6) is 5.75 Å². The molecule has 4 rings (SSSR count). The number of hydrogen-bond acceptors (Lipinski definition) is 5. The molecule has 29 heavy (non-hydrogen) atoms. The highest BCUT2D eigenvalue weighted by molar-refractivity contribution is 5.96. The zero-order valence-electron chi connectivity index (χ0n) is 17.7. The average Bonchev–Trinajstić information content (AvgIpc) is 3.32. The van der Waals surface area contributed by atoms with Gasteiger partial charge in [0.1, 0.15) is 5.75 Å².